The minimum absolute atomic E-state index is 0.0667. The standard InChI is InChI=1S/C15H8FN5O2/c16-11-3-1-2-10(8-11)13-19-15(23-21-13)14-18-12(20-22-14)9-4-6-17-7-5-9/h1-8H. The van der Waals surface area contributed by atoms with E-state index in [0.717, 1.165) is 5.56 Å². The summed E-state index contributed by atoms with van der Waals surface area (Å²) < 4.78 is 23.5. The van der Waals surface area contributed by atoms with Gasteiger partial charge >= 0.3 is 11.8 Å². The van der Waals surface area contributed by atoms with Crippen LogP contribution in [-0.2, 0) is 0 Å². The van der Waals surface area contributed by atoms with Gasteiger partial charge in [-0.05, 0) is 24.3 Å². The van der Waals surface area contributed by atoms with Gasteiger partial charge in [0, 0.05) is 23.5 Å². The molecular weight excluding hydrogens is 301 g/mol. The first-order valence-electron chi connectivity index (χ1n) is 6.64. The van der Waals surface area contributed by atoms with Crippen LogP contribution in [0.3, 0.4) is 0 Å². The summed E-state index contributed by atoms with van der Waals surface area (Å²) in [5.41, 5.74) is 1.24. The Morgan fingerprint density at radius 1 is 0.783 bits per heavy atom. The number of hydrogen-bond donors (Lipinski definition) is 0. The molecular formula is C15H8FN5O2. The predicted molar refractivity (Wildman–Crippen MR) is 76.2 cm³/mol. The summed E-state index contributed by atoms with van der Waals surface area (Å²) in [5.74, 6) is 0.395. The van der Waals surface area contributed by atoms with Gasteiger partial charge in [-0.15, -0.1) is 0 Å². The Balaban J connectivity index is 1.66. The predicted octanol–water partition coefficient (Wildman–Crippen LogP) is 2.99. The van der Waals surface area contributed by atoms with E-state index in [0.29, 0.717) is 11.4 Å². The molecule has 0 fully saturated rings. The van der Waals surface area contributed by atoms with E-state index in [1.807, 2.05) is 0 Å². The van der Waals surface area contributed by atoms with Crippen LogP contribution >= 0.6 is 0 Å². The fraction of sp³-hybridized carbons (Fsp3) is 0. The van der Waals surface area contributed by atoms with Crippen molar-refractivity contribution in [3.63, 3.8) is 0 Å². The smallest absolute Gasteiger partial charge is 0.316 e. The summed E-state index contributed by atoms with van der Waals surface area (Å²) in [4.78, 5) is 12.3. The number of halogens is 1. The van der Waals surface area contributed by atoms with Crippen molar-refractivity contribution in [1.29, 1.82) is 0 Å². The highest BCUT2D eigenvalue weighted by molar-refractivity contribution is 5.58. The van der Waals surface area contributed by atoms with Crippen molar-refractivity contribution in [2.24, 2.45) is 0 Å². The zero-order valence-electron chi connectivity index (χ0n) is 11.5. The summed E-state index contributed by atoms with van der Waals surface area (Å²) in [6, 6.07) is 9.39. The molecule has 0 N–H and O–H groups in total. The molecule has 3 aromatic heterocycles. The summed E-state index contributed by atoms with van der Waals surface area (Å²) in [6.45, 7) is 0. The third kappa shape index (κ3) is 2.57. The van der Waals surface area contributed by atoms with Gasteiger partial charge in [0.1, 0.15) is 5.82 Å². The molecule has 0 radical (unpaired) electrons. The van der Waals surface area contributed by atoms with Crippen molar-refractivity contribution in [1.82, 2.24) is 25.3 Å². The second kappa shape index (κ2) is 5.41. The Morgan fingerprint density at radius 3 is 2.09 bits per heavy atom. The zero-order chi connectivity index (χ0) is 15.6. The van der Waals surface area contributed by atoms with Crippen molar-refractivity contribution in [2.45, 2.75) is 0 Å². The lowest BCUT2D eigenvalue weighted by atomic mass is 10.2. The van der Waals surface area contributed by atoms with Gasteiger partial charge in [-0.25, -0.2) is 4.39 Å². The van der Waals surface area contributed by atoms with Gasteiger partial charge in [0.05, 0.1) is 0 Å². The number of rotatable bonds is 3. The number of pyridine rings is 1. The van der Waals surface area contributed by atoms with E-state index in [1.165, 1.54) is 12.1 Å². The van der Waals surface area contributed by atoms with E-state index in [9.17, 15) is 4.39 Å². The van der Waals surface area contributed by atoms with Gasteiger partial charge in [-0.1, -0.05) is 22.4 Å². The van der Waals surface area contributed by atoms with Crippen molar-refractivity contribution in [3.05, 3.63) is 54.6 Å². The maximum absolute atomic E-state index is 13.2. The summed E-state index contributed by atoms with van der Waals surface area (Å²) in [7, 11) is 0. The van der Waals surface area contributed by atoms with Crippen molar-refractivity contribution in [3.8, 4) is 34.6 Å². The van der Waals surface area contributed by atoms with Crippen LogP contribution in [0.1, 0.15) is 0 Å². The van der Waals surface area contributed by atoms with Crippen LogP contribution in [0.25, 0.3) is 34.6 Å². The molecule has 4 rings (SSSR count). The van der Waals surface area contributed by atoms with Gasteiger partial charge in [-0.2, -0.15) is 9.97 Å². The molecule has 3 heterocycles. The van der Waals surface area contributed by atoms with Crippen molar-refractivity contribution in [2.75, 3.05) is 0 Å². The van der Waals surface area contributed by atoms with E-state index in [4.69, 9.17) is 9.05 Å². The maximum atomic E-state index is 13.2. The number of aromatic nitrogens is 5. The lowest BCUT2D eigenvalue weighted by Crippen LogP contribution is -1.83. The molecule has 0 spiro atoms. The molecule has 112 valence electrons. The van der Waals surface area contributed by atoms with Gasteiger partial charge in [0.15, 0.2) is 0 Å². The fourth-order valence-corrected chi connectivity index (χ4v) is 1.98. The van der Waals surface area contributed by atoms with Gasteiger partial charge in [0.25, 0.3) is 0 Å². The third-order valence-corrected chi connectivity index (χ3v) is 3.06. The Kier molecular flexibility index (Phi) is 3.12. The Morgan fingerprint density at radius 2 is 1.43 bits per heavy atom. The third-order valence-electron chi connectivity index (χ3n) is 3.06. The highest BCUT2D eigenvalue weighted by Gasteiger charge is 2.18. The van der Waals surface area contributed by atoms with E-state index in [-0.39, 0.29) is 23.4 Å². The lowest BCUT2D eigenvalue weighted by molar-refractivity contribution is 0.383. The topological polar surface area (TPSA) is 90.7 Å². The number of benzene rings is 1. The number of nitrogens with zero attached hydrogens (tertiary/aromatic N) is 5. The fourth-order valence-electron chi connectivity index (χ4n) is 1.98. The zero-order valence-corrected chi connectivity index (χ0v) is 11.5. The molecule has 0 aliphatic carbocycles. The highest BCUT2D eigenvalue weighted by atomic mass is 19.1. The molecule has 1 aromatic carbocycles. The van der Waals surface area contributed by atoms with Gasteiger partial charge in [-0.3, -0.25) is 4.98 Å². The van der Waals surface area contributed by atoms with Gasteiger partial charge in [0.2, 0.25) is 11.6 Å². The number of hydrogen-bond acceptors (Lipinski definition) is 7. The quantitative estimate of drug-likeness (QED) is 0.574. The lowest BCUT2D eigenvalue weighted by Gasteiger charge is -1.92. The Bertz CT molecular complexity index is 951. The molecule has 0 saturated carbocycles. The largest absolute Gasteiger partial charge is 0.328 e. The van der Waals surface area contributed by atoms with E-state index < -0.39 is 0 Å². The van der Waals surface area contributed by atoms with Gasteiger partial charge < -0.3 is 9.05 Å². The molecule has 0 aliphatic rings. The molecule has 0 atom stereocenters. The van der Waals surface area contributed by atoms with Crippen LogP contribution in [0, 0.1) is 5.82 Å². The summed E-state index contributed by atoms with van der Waals surface area (Å²) in [6.07, 6.45) is 3.25. The summed E-state index contributed by atoms with van der Waals surface area (Å²) >= 11 is 0. The SMILES string of the molecule is Fc1cccc(-c2noc(-c3nc(-c4ccncc4)no3)n2)c1. The first-order valence-corrected chi connectivity index (χ1v) is 6.64. The molecule has 7 nitrogen and oxygen atoms in total. The average molecular weight is 309 g/mol. The van der Waals surface area contributed by atoms with Crippen LogP contribution in [0.4, 0.5) is 4.39 Å². The van der Waals surface area contributed by atoms with Crippen molar-refractivity contribution < 1.29 is 13.4 Å². The first-order chi connectivity index (χ1) is 11.3. The minimum Gasteiger partial charge on any atom is -0.328 e. The summed E-state index contributed by atoms with van der Waals surface area (Å²) in [5, 5.41) is 7.65. The van der Waals surface area contributed by atoms with E-state index in [2.05, 4.69) is 25.3 Å². The van der Waals surface area contributed by atoms with E-state index >= 15 is 0 Å². The molecule has 4 aromatic rings. The first kappa shape index (κ1) is 13.3. The monoisotopic (exact) mass is 309 g/mol. The van der Waals surface area contributed by atoms with Crippen LogP contribution in [0.2, 0.25) is 0 Å². The van der Waals surface area contributed by atoms with Crippen molar-refractivity contribution >= 4 is 0 Å². The molecule has 0 saturated heterocycles. The van der Waals surface area contributed by atoms with Crippen LogP contribution in [-0.4, -0.2) is 25.3 Å². The van der Waals surface area contributed by atoms with Crippen LogP contribution < -0.4 is 0 Å². The highest BCUT2D eigenvalue weighted by Crippen LogP contribution is 2.23. The van der Waals surface area contributed by atoms with Crippen LogP contribution in [0.5, 0.6) is 0 Å². The second-order valence-electron chi connectivity index (χ2n) is 4.59. The van der Waals surface area contributed by atoms with Crippen LogP contribution in [0.15, 0.2) is 57.8 Å². The Labute approximate surface area is 128 Å². The molecule has 0 unspecified atom stereocenters. The Hall–Kier alpha value is -3.42. The molecule has 23 heavy (non-hydrogen) atoms. The molecule has 0 amide bonds. The normalized spacial score (nSPS) is 10.8. The average Bonchev–Trinajstić information content (AvgIpc) is 3.25. The molecule has 8 heteroatoms. The van der Waals surface area contributed by atoms with E-state index in [1.54, 1.807) is 36.7 Å². The molecule has 0 aliphatic heterocycles. The molecule has 0 bridgehead atoms. The second-order valence-corrected chi connectivity index (χ2v) is 4.59. The minimum atomic E-state index is -0.383. The maximum Gasteiger partial charge on any atom is 0.316 e.